The molecule has 3 N–H and O–H groups in total. The number of amides is 1. The molecule has 2 aromatic heterocycles. The molecule has 0 saturated heterocycles. The SMILES string of the molecule is Cc1c(C(N)=O)c(Cl)nc2[nH]ccc12. The summed E-state index contributed by atoms with van der Waals surface area (Å²) in [6.07, 6.45) is 1.74. The number of halogens is 1. The van der Waals surface area contributed by atoms with Crippen molar-refractivity contribution in [1.29, 1.82) is 0 Å². The molecule has 4 nitrogen and oxygen atoms in total. The minimum absolute atomic E-state index is 0.143. The van der Waals surface area contributed by atoms with Gasteiger partial charge in [-0.3, -0.25) is 4.79 Å². The molecule has 1 amide bonds. The summed E-state index contributed by atoms with van der Waals surface area (Å²) in [4.78, 5) is 18.0. The van der Waals surface area contributed by atoms with E-state index < -0.39 is 5.91 Å². The average Bonchev–Trinajstić information content (AvgIpc) is 2.50. The number of carbonyl (C=O) groups excluding carboxylic acids is 1. The maximum Gasteiger partial charge on any atom is 0.252 e. The van der Waals surface area contributed by atoms with Crippen LogP contribution >= 0.6 is 11.6 Å². The number of nitrogens with zero attached hydrogens (tertiary/aromatic N) is 1. The maximum absolute atomic E-state index is 11.1. The lowest BCUT2D eigenvalue weighted by molar-refractivity contribution is 0.0999. The Bertz CT molecular complexity index is 518. The van der Waals surface area contributed by atoms with Crippen LogP contribution < -0.4 is 5.73 Å². The second-order valence-electron chi connectivity index (χ2n) is 3.01. The van der Waals surface area contributed by atoms with Crippen molar-refractivity contribution in [2.75, 3.05) is 0 Å². The van der Waals surface area contributed by atoms with Gasteiger partial charge in [0.2, 0.25) is 0 Å². The van der Waals surface area contributed by atoms with E-state index in [1.54, 1.807) is 13.1 Å². The molecule has 0 fully saturated rings. The van der Waals surface area contributed by atoms with Gasteiger partial charge < -0.3 is 10.7 Å². The van der Waals surface area contributed by atoms with Gasteiger partial charge in [0, 0.05) is 11.6 Å². The predicted molar refractivity (Wildman–Crippen MR) is 54.4 cm³/mol. The fourth-order valence-corrected chi connectivity index (χ4v) is 1.81. The van der Waals surface area contributed by atoms with Crippen LogP contribution in [0.15, 0.2) is 12.3 Å². The van der Waals surface area contributed by atoms with E-state index in [9.17, 15) is 4.79 Å². The Balaban J connectivity index is 2.89. The number of nitrogens with two attached hydrogens (primary N) is 1. The summed E-state index contributed by atoms with van der Waals surface area (Å²) >= 11 is 5.83. The van der Waals surface area contributed by atoms with E-state index >= 15 is 0 Å². The van der Waals surface area contributed by atoms with Crippen molar-refractivity contribution in [3.8, 4) is 0 Å². The second-order valence-corrected chi connectivity index (χ2v) is 3.36. The molecular formula is C9H8ClN3O. The quantitative estimate of drug-likeness (QED) is 0.701. The highest BCUT2D eigenvalue weighted by Crippen LogP contribution is 2.24. The molecule has 0 aliphatic carbocycles. The summed E-state index contributed by atoms with van der Waals surface area (Å²) in [6, 6.07) is 1.83. The zero-order chi connectivity index (χ0) is 10.3. The van der Waals surface area contributed by atoms with Gasteiger partial charge in [0.1, 0.15) is 10.8 Å². The van der Waals surface area contributed by atoms with Crippen molar-refractivity contribution >= 4 is 28.5 Å². The minimum atomic E-state index is -0.553. The van der Waals surface area contributed by atoms with Crippen LogP contribution in [0.1, 0.15) is 15.9 Å². The van der Waals surface area contributed by atoms with Gasteiger partial charge in [-0.2, -0.15) is 0 Å². The number of H-pyrrole nitrogens is 1. The van der Waals surface area contributed by atoms with Gasteiger partial charge in [0.05, 0.1) is 5.56 Å². The molecule has 0 aliphatic heterocycles. The van der Waals surface area contributed by atoms with Crippen molar-refractivity contribution in [1.82, 2.24) is 9.97 Å². The zero-order valence-electron chi connectivity index (χ0n) is 7.47. The van der Waals surface area contributed by atoms with E-state index in [0.717, 1.165) is 10.9 Å². The third kappa shape index (κ3) is 1.15. The molecule has 0 unspecified atom stereocenters. The van der Waals surface area contributed by atoms with Crippen LogP contribution in [0.25, 0.3) is 11.0 Å². The number of hydrogen-bond donors (Lipinski definition) is 2. The molecule has 0 bridgehead atoms. The molecule has 0 radical (unpaired) electrons. The summed E-state index contributed by atoms with van der Waals surface area (Å²) in [7, 11) is 0. The number of fused-ring (bicyclic) bond motifs is 1. The van der Waals surface area contributed by atoms with Gasteiger partial charge in [-0.1, -0.05) is 11.6 Å². The Morgan fingerprint density at radius 3 is 3.00 bits per heavy atom. The molecule has 2 rings (SSSR count). The van der Waals surface area contributed by atoms with Gasteiger partial charge >= 0.3 is 0 Å². The van der Waals surface area contributed by atoms with Gasteiger partial charge in [0.25, 0.3) is 5.91 Å². The Hall–Kier alpha value is -1.55. The molecule has 5 heteroatoms. The molecule has 0 aliphatic rings. The standard InChI is InChI=1S/C9H8ClN3O/c1-4-5-2-3-12-9(5)13-7(10)6(4)8(11)14/h2-3H,1H3,(H2,11,14)(H,12,13). The third-order valence-corrected chi connectivity index (χ3v) is 2.44. The van der Waals surface area contributed by atoms with Crippen LogP contribution in [0.5, 0.6) is 0 Å². The van der Waals surface area contributed by atoms with Gasteiger partial charge in [-0.15, -0.1) is 0 Å². The highest BCUT2D eigenvalue weighted by molar-refractivity contribution is 6.33. The number of aryl methyl sites for hydroxylation is 1. The number of pyridine rings is 1. The smallest absolute Gasteiger partial charge is 0.252 e. The largest absolute Gasteiger partial charge is 0.365 e. The summed E-state index contributed by atoms with van der Waals surface area (Å²) in [5.74, 6) is -0.553. The molecular weight excluding hydrogens is 202 g/mol. The van der Waals surface area contributed by atoms with E-state index in [2.05, 4.69) is 9.97 Å². The number of nitrogens with one attached hydrogen (secondary N) is 1. The van der Waals surface area contributed by atoms with Crippen LogP contribution in [0.2, 0.25) is 5.15 Å². The van der Waals surface area contributed by atoms with Gasteiger partial charge in [-0.05, 0) is 18.6 Å². The topological polar surface area (TPSA) is 71.8 Å². The fraction of sp³-hybridized carbons (Fsp3) is 0.111. The normalized spacial score (nSPS) is 10.7. The number of aromatic nitrogens is 2. The first kappa shape index (κ1) is 9.02. The molecule has 2 heterocycles. The number of hydrogen-bond acceptors (Lipinski definition) is 2. The van der Waals surface area contributed by atoms with E-state index in [0.29, 0.717) is 11.2 Å². The molecule has 0 aromatic carbocycles. The van der Waals surface area contributed by atoms with Crippen LogP contribution in [0.3, 0.4) is 0 Å². The third-order valence-electron chi connectivity index (χ3n) is 2.17. The fourth-order valence-electron chi connectivity index (χ4n) is 1.49. The molecule has 0 spiro atoms. The first-order chi connectivity index (χ1) is 6.61. The lowest BCUT2D eigenvalue weighted by Crippen LogP contribution is -2.14. The van der Waals surface area contributed by atoms with Gasteiger partial charge in [-0.25, -0.2) is 4.98 Å². The number of aromatic amines is 1. The first-order valence-electron chi connectivity index (χ1n) is 4.04. The lowest BCUT2D eigenvalue weighted by atomic mass is 10.1. The first-order valence-corrected chi connectivity index (χ1v) is 4.42. The average molecular weight is 210 g/mol. The van der Waals surface area contributed by atoms with Crippen molar-refractivity contribution in [3.63, 3.8) is 0 Å². The van der Waals surface area contributed by atoms with Crippen LogP contribution in [-0.2, 0) is 0 Å². The lowest BCUT2D eigenvalue weighted by Gasteiger charge is -2.04. The van der Waals surface area contributed by atoms with E-state index in [1.807, 2.05) is 6.07 Å². The van der Waals surface area contributed by atoms with E-state index in [-0.39, 0.29) is 5.15 Å². The molecule has 14 heavy (non-hydrogen) atoms. The Labute approximate surface area is 85.1 Å². The second kappa shape index (κ2) is 2.99. The molecule has 0 atom stereocenters. The van der Waals surface area contributed by atoms with Crippen LogP contribution in [-0.4, -0.2) is 15.9 Å². The molecule has 72 valence electrons. The van der Waals surface area contributed by atoms with Crippen LogP contribution in [0.4, 0.5) is 0 Å². The summed E-state index contributed by atoms with van der Waals surface area (Å²) in [6.45, 7) is 1.80. The minimum Gasteiger partial charge on any atom is -0.365 e. The maximum atomic E-state index is 11.1. The number of rotatable bonds is 1. The van der Waals surface area contributed by atoms with E-state index in [1.165, 1.54) is 0 Å². The Morgan fingerprint density at radius 1 is 1.64 bits per heavy atom. The predicted octanol–water partition coefficient (Wildman–Crippen LogP) is 1.62. The number of carbonyl (C=O) groups is 1. The van der Waals surface area contributed by atoms with Crippen LogP contribution in [0, 0.1) is 6.92 Å². The van der Waals surface area contributed by atoms with Crippen molar-refractivity contribution in [3.05, 3.63) is 28.5 Å². The van der Waals surface area contributed by atoms with Crippen molar-refractivity contribution in [2.24, 2.45) is 5.73 Å². The van der Waals surface area contributed by atoms with Gasteiger partial charge in [0.15, 0.2) is 0 Å². The molecule has 0 saturated carbocycles. The highest BCUT2D eigenvalue weighted by Gasteiger charge is 2.15. The Kier molecular flexibility index (Phi) is 1.93. The Morgan fingerprint density at radius 2 is 2.36 bits per heavy atom. The van der Waals surface area contributed by atoms with Crippen molar-refractivity contribution in [2.45, 2.75) is 6.92 Å². The number of primary amides is 1. The summed E-state index contributed by atoms with van der Waals surface area (Å²) < 4.78 is 0. The zero-order valence-corrected chi connectivity index (χ0v) is 8.22. The monoisotopic (exact) mass is 209 g/mol. The summed E-state index contributed by atoms with van der Waals surface area (Å²) in [5, 5.41) is 1.01. The summed E-state index contributed by atoms with van der Waals surface area (Å²) in [5.41, 5.74) is 6.91. The highest BCUT2D eigenvalue weighted by atomic mass is 35.5. The van der Waals surface area contributed by atoms with Crippen molar-refractivity contribution < 1.29 is 4.79 Å². The molecule has 2 aromatic rings. The van der Waals surface area contributed by atoms with E-state index in [4.69, 9.17) is 17.3 Å².